The molecule has 220 valence electrons. The van der Waals surface area contributed by atoms with Crippen LogP contribution in [0.2, 0.25) is 0 Å². The number of ether oxygens (including phenoxy) is 2. The van der Waals surface area contributed by atoms with E-state index < -0.39 is 22.5 Å². The molecule has 4 aromatic rings. The van der Waals surface area contributed by atoms with Gasteiger partial charge in [0.1, 0.15) is 5.75 Å². The van der Waals surface area contributed by atoms with Crippen LogP contribution < -0.4 is 14.2 Å². The zero-order valence-electron chi connectivity index (χ0n) is 24.2. The first-order valence-corrected chi connectivity index (χ1v) is 14.3. The van der Waals surface area contributed by atoms with Crippen molar-refractivity contribution in [3.8, 4) is 34.4 Å². The van der Waals surface area contributed by atoms with Gasteiger partial charge in [-0.3, -0.25) is 14.4 Å². The van der Waals surface area contributed by atoms with E-state index in [1.165, 1.54) is 45.8 Å². The molecule has 0 aliphatic rings. The number of nitrogens with zero attached hydrogens (tertiary/aromatic N) is 5. The van der Waals surface area contributed by atoms with E-state index in [4.69, 9.17) is 14.3 Å². The molecular weight excluding hydrogens is 560 g/mol. The Morgan fingerprint density at radius 1 is 0.929 bits per heavy atom. The number of benzene rings is 2. The summed E-state index contributed by atoms with van der Waals surface area (Å²) >= 11 is 0. The fourth-order valence-electron chi connectivity index (χ4n) is 3.87. The molecule has 2 aromatic heterocycles. The van der Waals surface area contributed by atoms with Gasteiger partial charge in [0.25, 0.3) is 15.9 Å². The number of aromatic nitrogens is 4. The van der Waals surface area contributed by atoms with Crippen LogP contribution in [0.25, 0.3) is 22.8 Å². The van der Waals surface area contributed by atoms with E-state index in [0.29, 0.717) is 11.3 Å². The fourth-order valence-corrected chi connectivity index (χ4v) is 4.88. The minimum atomic E-state index is -4.16. The summed E-state index contributed by atoms with van der Waals surface area (Å²) in [5, 5.41) is 0.996. The molecule has 0 aliphatic carbocycles. The summed E-state index contributed by atoms with van der Waals surface area (Å²) in [6.07, 6.45) is 3.00. The van der Waals surface area contributed by atoms with Crippen LogP contribution in [0, 0.1) is 0 Å². The highest BCUT2D eigenvalue weighted by atomic mass is 32.2. The standard InChI is InChI=1S/C29H32N6O6S/c1-29(2,3)19-12-14-20(15-13-19)42(37,38)34-25-24(21-10-7-8-11-22(21)39-5)28(41-18-23(36)35(4)40-6)33-27(32-25)26-30-16-9-17-31-26/h7-17H,18H2,1-6H3,(H,32,33,34). The normalized spacial score (nSPS) is 11.6. The van der Waals surface area contributed by atoms with E-state index in [-0.39, 0.29) is 39.2 Å². The van der Waals surface area contributed by atoms with Gasteiger partial charge in [-0.2, -0.15) is 4.98 Å². The summed E-state index contributed by atoms with van der Waals surface area (Å²) in [7, 11) is 0.0866. The number of carbonyl (C=O) groups excluding carboxylic acids is 1. The van der Waals surface area contributed by atoms with Crippen LogP contribution in [0.3, 0.4) is 0 Å². The lowest BCUT2D eigenvalue weighted by Gasteiger charge is -2.20. The molecule has 0 atom stereocenters. The van der Waals surface area contributed by atoms with E-state index in [1.54, 1.807) is 42.5 Å². The van der Waals surface area contributed by atoms with E-state index >= 15 is 0 Å². The zero-order valence-corrected chi connectivity index (χ0v) is 25.0. The molecule has 13 heteroatoms. The molecule has 1 amide bonds. The Bertz CT molecular complexity index is 1660. The van der Waals surface area contributed by atoms with Crippen LogP contribution in [0.4, 0.5) is 5.82 Å². The van der Waals surface area contributed by atoms with Gasteiger partial charge in [-0.15, -0.1) is 0 Å². The van der Waals surface area contributed by atoms with Crippen molar-refractivity contribution in [3.05, 3.63) is 72.6 Å². The lowest BCUT2D eigenvalue weighted by atomic mass is 9.87. The molecule has 0 saturated heterocycles. The summed E-state index contributed by atoms with van der Waals surface area (Å²) in [5.74, 6) is -0.262. The Kier molecular flexibility index (Phi) is 9.02. The number of likely N-dealkylation sites (N-methyl/N-ethyl adjacent to an activating group) is 1. The van der Waals surface area contributed by atoms with E-state index in [9.17, 15) is 13.2 Å². The van der Waals surface area contributed by atoms with Gasteiger partial charge in [0, 0.05) is 25.0 Å². The molecule has 0 aliphatic heterocycles. The van der Waals surface area contributed by atoms with Crippen LogP contribution >= 0.6 is 0 Å². The van der Waals surface area contributed by atoms with Gasteiger partial charge in [0.2, 0.25) is 11.7 Å². The summed E-state index contributed by atoms with van der Waals surface area (Å²) in [4.78, 5) is 34.9. The molecule has 2 heterocycles. The first-order valence-electron chi connectivity index (χ1n) is 12.8. The Morgan fingerprint density at radius 3 is 2.21 bits per heavy atom. The number of anilines is 1. The number of hydrogen-bond acceptors (Lipinski definition) is 10. The van der Waals surface area contributed by atoms with Crippen LogP contribution in [-0.4, -0.2) is 67.2 Å². The van der Waals surface area contributed by atoms with Crippen molar-refractivity contribution in [3.63, 3.8) is 0 Å². The molecule has 0 fully saturated rings. The summed E-state index contributed by atoms with van der Waals surface area (Å²) in [6.45, 7) is 5.65. The van der Waals surface area contributed by atoms with Crippen molar-refractivity contribution in [2.75, 3.05) is 32.6 Å². The Labute approximate surface area is 244 Å². The monoisotopic (exact) mass is 592 g/mol. The van der Waals surface area contributed by atoms with Crippen molar-refractivity contribution in [1.29, 1.82) is 0 Å². The highest BCUT2D eigenvalue weighted by Crippen LogP contribution is 2.41. The number of amides is 1. The predicted octanol–water partition coefficient (Wildman–Crippen LogP) is 4.11. The first kappa shape index (κ1) is 30.3. The maximum atomic E-state index is 13.7. The van der Waals surface area contributed by atoms with Crippen LogP contribution in [-0.2, 0) is 25.1 Å². The second-order valence-electron chi connectivity index (χ2n) is 10.1. The van der Waals surface area contributed by atoms with Crippen LogP contribution in [0.1, 0.15) is 26.3 Å². The number of sulfonamides is 1. The van der Waals surface area contributed by atoms with Crippen molar-refractivity contribution >= 4 is 21.7 Å². The molecule has 0 unspecified atom stereocenters. The maximum absolute atomic E-state index is 13.7. The Morgan fingerprint density at radius 2 is 1.60 bits per heavy atom. The lowest BCUT2D eigenvalue weighted by Crippen LogP contribution is -2.30. The van der Waals surface area contributed by atoms with Crippen molar-refractivity contribution in [1.82, 2.24) is 25.0 Å². The highest BCUT2D eigenvalue weighted by molar-refractivity contribution is 7.92. The Hall–Kier alpha value is -4.62. The summed E-state index contributed by atoms with van der Waals surface area (Å²) < 4.78 is 41.4. The summed E-state index contributed by atoms with van der Waals surface area (Å²) in [5.41, 5.74) is 1.38. The molecule has 4 rings (SSSR count). The average molecular weight is 593 g/mol. The van der Waals surface area contributed by atoms with Crippen LogP contribution in [0.5, 0.6) is 11.6 Å². The minimum absolute atomic E-state index is 0.0250. The van der Waals surface area contributed by atoms with Gasteiger partial charge in [-0.25, -0.2) is 28.4 Å². The number of nitrogens with one attached hydrogen (secondary N) is 1. The van der Waals surface area contributed by atoms with Crippen molar-refractivity contribution < 1.29 is 27.5 Å². The third-order valence-corrected chi connectivity index (χ3v) is 7.59. The molecule has 12 nitrogen and oxygen atoms in total. The fraction of sp³-hybridized carbons (Fsp3) is 0.276. The van der Waals surface area contributed by atoms with Crippen molar-refractivity contribution in [2.24, 2.45) is 0 Å². The van der Waals surface area contributed by atoms with Gasteiger partial charge in [0.05, 0.1) is 24.7 Å². The second-order valence-corrected chi connectivity index (χ2v) is 11.8. The first-order chi connectivity index (χ1) is 19.9. The number of rotatable bonds is 10. The number of hydroxylamine groups is 2. The van der Waals surface area contributed by atoms with E-state index in [2.05, 4.69) is 24.7 Å². The maximum Gasteiger partial charge on any atom is 0.283 e. The smallest absolute Gasteiger partial charge is 0.283 e. The molecule has 0 spiro atoms. The topological polar surface area (TPSA) is 146 Å². The zero-order chi connectivity index (χ0) is 30.5. The Balaban J connectivity index is 1.91. The minimum Gasteiger partial charge on any atom is -0.496 e. The van der Waals surface area contributed by atoms with Crippen molar-refractivity contribution in [2.45, 2.75) is 31.1 Å². The number of carbonyl (C=O) groups is 1. The number of para-hydroxylation sites is 1. The van der Waals surface area contributed by atoms with E-state index in [0.717, 1.165) is 10.6 Å². The van der Waals surface area contributed by atoms with Gasteiger partial charge in [-0.1, -0.05) is 51.1 Å². The lowest BCUT2D eigenvalue weighted by molar-refractivity contribution is -0.170. The van der Waals surface area contributed by atoms with Gasteiger partial charge >= 0.3 is 0 Å². The SMILES string of the molecule is COc1ccccc1-c1c(NS(=O)(=O)c2ccc(C(C)(C)C)cc2)nc(-c2ncccn2)nc1OCC(=O)N(C)OC. The van der Waals surface area contributed by atoms with Gasteiger partial charge in [0.15, 0.2) is 18.2 Å². The number of hydrogen-bond donors (Lipinski definition) is 1. The molecule has 42 heavy (non-hydrogen) atoms. The third-order valence-electron chi connectivity index (χ3n) is 6.24. The molecule has 0 saturated carbocycles. The van der Waals surface area contributed by atoms with Gasteiger partial charge < -0.3 is 9.47 Å². The molecule has 0 radical (unpaired) electrons. The predicted molar refractivity (Wildman–Crippen MR) is 156 cm³/mol. The summed E-state index contributed by atoms with van der Waals surface area (Å²) in [6, 6.07) is 15.1. The molecule has 1 N–H and O–H groups in total. The number of methoxy groups -OCH3 is 1. The average Bonchev–Trinajstić information content (AvgIpc) is 2.99. The molecule has 0 bridgehead atoms. The third kappa shape index (κ3) is 6.81. The molecular formula is C29H32N6O6S. The highest BCUT2D eigenvalue weighted by Gasteiger charge is 2.27. The second kappa shape index (κ2) is 12.5. The largest absolute Gasteiger partial charge is 0.496 e. The van der Waals surface area contributed by atoms with E-state index in [1.807, 2.05) is 20.8 Å². The molecule has 2 aromatic carbocycles. The van der Waals surface area contributed by atoms with Crippen LogP contribution in [0.15, 0.2) is 71.9 Å². The van der Waals surface area contributed by atoms with Gasteiger partial charge in [-0.05, 0) is 35.2 Å². The quantitative estimate of drug-likeness (QED) is 0.267.